The van der Waals surface area contributed by atoms with Gasteiger partial charge in [-0.05, 0) is 13.8 Å². The molecule has 1 saturated heterocycles. The molecule has 1 aliphatic rings. The van der Waals surface area contributed by atoms with Gasteiger partial charge in [0.25, 0.3) is 5.91 Å². The van der Waals surface area contributed by atoms with Gasteiger partial charge in [0.1, 0.15) is 17.8 Å². The van der Waals surface area contributed by atoms with Crippen molar-refractivity contribution in [3.8, 4) is 0 Å². The molecule has 18 heavy (non-hydrogen) atoms. The number of amides is 1. The van der Waals surface area contributed by atoms with Crippen molar-refractivity contribution in [1.29, 1.82) is 0 Å². The Hall–Kier alpha value is -1.69. The molecule has 98 valence electrons. The van der Waals surface area contributed by atoms with Crippen LogP contribution in [0.2, 0.25) is 0 Å². The first-order valence-electron chi connectivity index (χ1n) is 6.12. The lowest BCUT2D eigenvalue weighted by Crippen LogP contribution is -2.37. The van der Waals surface area contributed by atoms with Crippen molar-refractivity contribution in [2.45, 2.75) is 19.9 Å². The molecule has 0 aromatic carbocycles. The number of ether oxygens (including phenoxy) is 1. The van der Waals surface area contributed by atoms with Gasteiger partial charge in [-0.15, -0.1) is 0 Å². The van der Waals surface area contributed by atoms with Gasteiger partial charge >= 0.3 is 0 Å². The Balaban J connectivity index is 2.11. The van der Waals surface area contributed by atoms with Crippen LogP contribution in [0.3, 0.4) is 0 Å². The summed E-state index contributed by atoms with van der Waals surface area (Å²) in [6.07, 6.45) is 1.43. The van der Waals surface area contributed by atoms with Gasteiger partial charge in [0.2, 0.25) is 0 Å². The van der Waals surface area contributed by atoms with Gasteiger partial charge in [-0.2, -0.15) is 0 Å². The Labute approximate surface area is 106 Å². The van der Waals surface area contributed by atoms with E-state index in [-0.39, 0.29) is 11.9 Å². The third-order valence-electron chi connectivity index (χ3n) is 2.64. The van der Waals surface area contributed by atoms with Gasteiger partial charge in [-0.1, -0.05) is 0 Å². The van der Waals surface area contributed by atoms with Crippen molar-refractivity contribution in [2.24, 2.45) is 0 Å². The third-order valence-corrected chi connectivity index (χ3v) is 2.64. The molecule has 6 nitrogen and oxygen atoms in total. The topological polar surface area (TPSA) is 67.4 Å². The van der Waals surface area contributed by atoms with E-state index >= 15 is 0 Å². The highest BCUT2D eigenvalue weighted by Gasteiger charge is 2.15. The Morgan fingerprint density at radius 3 is 2.78 bits per heavy atom. The summed E-state index contributed by atoms with van der Waals surface area (Å²) in [5.74, 6) is 0.615. The number of aromatic nitrogens is 2. The van der Waals surface area contributed by atoms with Crippen LogP contribution in [0.1, 0.15) is 24.3 Å². The molecule has 1 aromatic rings. The molecule has 1 aromatic heterocycles. The van der Waals surface area contributed by atoms with Crippen molar-refractivity contribution in [2.75, 3.05) is 31.2 Å². The van der Waals surface area contributed by atoms with Gasteiger partial charge in [-0.3, -0.25) is 4.79 Å². The minimum absolute atomic E-state index is 0.0966. The maximum absolute atomic E-state index is 11.8. The lowest BCUT2D eigenvalue weighted by atomic mass is 10.3. The largest absolute Gasteiger partial charge is 0.378 e. The third kappa shape index (κ3) is 3.16. The Bertz CT molecular complexity index is 416. The first-order chi connectivity index (χ1) is 8.66. The zero-order valence-electron chi connectivity index (χ0n) is 10.7. The Morgan fingerprint density at radius 2 is 2.11 bits per heavy atom. The highest BCUT2D eigenvalue weighted by atomic mass is 16.5. The van der Waals surface area contributed by atoms with E-state index in [1.807, 2.05) is 13.8 Å². The summed E-state index contributed by atoms with van der Waals surface area (Å²) in [5, 5.41) is 2.82. The number of hydrogen-bond acceptors (Lipinski definition) is 5. The van der Waals surface area contributed by atoms with Gasteiger partial charge in [0.15, 0.2) is 0 Å². The number of morpholine rings is 1. The number of rotatable bonds is 3. The van der Waals surface area contributed by atoms with Crippen LogP contribution in [0, 0.1) is 0 Å². The van der Waals surface area contributed by atoms with Crippen molar-refractivity contribution in [3.05, 3.63) is 18.1 Å². The maximum atomic E-state index is 11.8. The zero-order valence-corrected chi connectivity index (χ0v) is 10.7. The quantitative estimate of drug-likeness (QED) is 0.843. The zero-order chi connectivity index (χ0) is 13.0. The second-order valence-corrected chi connectivity index (χ2v) is 4.49. The summed E-state index contributed by atoms with van der Waals surface area (Å²) in [6, 6.07) is 1.82. The molecule has 1 aliphatic heterocycles. The van der Waals surface area contributed by atoms with E-state index in [1.54, 1.807) is 6.07 Å². The van der Waals surface area contributed by atoms with Crippen molar-refractivity contribution >= 4 is 11.7 Å². The van der Waals surface area contributed by atoms with E-state index in [2.05, 4.69) is 20.2 Å². The van der Waals surface area contributed by atoms with Crippen LogP contribution in [0.5, 0.6) is 0 Å². The van der Waals surface area contributed by atoms with Crippen LogP contribution < -0.4 is 10.2 Å². The predicted octanol–water partition coefficient (Wildman–Crippen LogP) is 0.451. The summed E-state index contributed by atoms with van der Waals surface area (Å²) in [5.41, 5.74) is 0.403. The lowest BCUT2D eigenvalue weighted by molar-refractivity contribution is 0.0938. The Kier molecular flexibility index (Phi) is 4.09. The molecule has 6 heteroatoms. The standard InChI is InChI=1S/C12H18N4O2/c1-9(2)15-12(17)10-7-11(14-8-13-10)16-3-5-18-6-4-16/h7-9H,3-6H2,1-2H3,(H,15,17). The summed E-state index contributed by atoms with van der Waals surface area (Å²) in [7, 11) is 0. The molecular formula is C12H18N4O2. The first kappa shape index (κ1) is 12.8. The van der Waals surface area contributed by atoms with Crippen molar-refractivity contribution in [3.63, 3.8) is 0 Å². The van der Waals surface area contributed by atoms with Gasteiger partial charge < -0.3 is 15.0 Å². The molecule has 0 bridgehead atoms. The molecule has 2 heterocycles. The van der Waals surface area contributed by atoms with E-state index < -0.39 is 0 Å². The normalized spacial score (nSPS) is 15.8. The van der Waals surface area contributed by atoms with Crippen molar-refractivity contribution < 1.29 is 9.53 Å². The number of nitrogens with one attached hydrogen (secondary N) is 1. The van der Waals surface area contributed by atoms with Crippen molar-refractivity contribution in [1.82, 2.24) is 15.3 Å². The molecular weight excluding hydrogens is 232 g/mol. The van der Waals surface area contributed by atoms with E-state index in [0.29, 0.717) is 18.9 Å². The molecule has 0 saturated carbocycles. The van der Waals surface area contributed by atoms with E-state index in [9.17, 15) is 4.79 Å². The molecule has 0 aliphatic carbocycles. The first-order valence-corrected chi connectivity index (χ1v) is 6.12. The summed E-state index contributed by atoms with van der Waals surface area (Å²) in [6.45, 7) is 6.81. The maximum Gasteiger partial charge on any atom is 0.270 e. The van der Waals surface area contributed by atoms with E-state index in [0.717, 1.165) is 18.9 Å². The average molecular weight is 250 g/mol. The molecule has 0 spiro atoms. The number of hydrogen-bond donors (Lipinski definition) is 1. The van der Waals surface area contributed by atoms with Gasteiger partial charge in [-0.25, -0.2) is 9.97 Å². The SMILES string of the molecule is CC(C)NC(=O)c1cc(N2CCOCC2)ncn1. The molecule has 0 unspecified atom stereocenters. The van der Waals surface area contributed by atoms with Gasteiger partial charge in [0.05, 0.1) is 13.2 Å². The van der Waals surface area contributed by atoms with E-state index in [1.165, 1.54) is 6.33 Å². The summed E-state index contributed by atoms with van der Waals surface area (Å²) >= 11 is 0. The van der Waals surface area contributed by atoms with Crippen LogP contribution in [0.25, 0.3) is 0 Å². The number of carbonyl (C=O) groups excluding carboxylic acids is 1. The monoisotopic (exact) mass is 250 g/mol. The summed E-state index contributed by atoms with van der Waals surface area (Å²) < 4.78 is 5.29. The fraction of sp³-hybridized carbons (Fsp3) is 0.583. The number of anilines is 1. The van der Waals surface area contributed by atoms with E-state index in [4.69, 9.17) is 4.74 Å². The lowest BCUT2D eigenvalue weighted by Gasteiger charge is -2.27. The number of carbonyl (C=O) groups is 1. The highest BCUT2D eigenvalue weighted by molar-refractivity contribution is 5.93. The molecule has 1 fully saturated rings. The molecule has 0 radical (unpaired) electrons. The average Bonchev–Trinajstić information content (AvgIpc) is 2.39. The molecule has 0 atom stereocenters. The fourth-order valence-corrected chi connectivity index (χ4v) is 1.77. The fourth-order valence-electron chi connectivity index (χ4n) is 1.77. The summed E-state index contributed by atoms with van der Waals surface area (Å²) in [4.78, 5) is 22.2. The minimum atomic E-state index is -0.165. The van der Waals surface area contributed by atoms with Crippen LogP contribution in [-0.2, 0) is 4.74 Å². The van der Waals surface area contributed by atoms with Gasteiger partial charge in [0, 0.05) is 25.2 Å². The van der Waals surface area contributed by atoms with Crippen LogP contribution in [0.15, 0.2) is 12.4 Å². The van der Waals surface area contributed by atoms with Crippen LogP contribution in [0.4, 0.5) is 5.82 Å². The molecule has 2 rings (SSSR count). The molecule has 1 N–H and O–H groups in total. The van der Waals surface area contributed by atoms with Crippen LogP contribution in [-0.4, -0.2) is 48.2 Å². The predicted molar refractivity (Wildman–Crippen MR) is 67.7 cm³/mol. The highest BCUT2D eigenvalue weighted by Crippen LogP contribution is 2.12. The molecule has 1 amide bonds. The smallest absolute Gasteiger partial charge is 0.270 e. The second-order valence-electron chi connectivity index (χ2n) is 4.49. The minimum Gasteiger partial charge on any atom is -0.378 e. The Morgan fingerprint density at radius 1 is 1.39 bits per heavy atom. The second kappa shape index (κ2) is 5.77. The van der Waals surface area contributed by atoms with Crippen LogP contribution >= 0.6 is 0 Å². The number of nitrogens with zero attached hydrogens (tertiary/aromatic N) is 3.